The number of aromatic nitrogens is 2. The van der Waals surface area contributed by atoms with E-state index >= 15 is 0 Å². The Labute approximate surface area is 114 Å². The van der Waals surface area contributed by atoms with Crippen molar-refractivity contribution in [1.82, 2.24) is 10.2 Å². The lowest BCUT2D eigenvalue weighted by atomic mass is 9.98. The summed E-state index contributed by atoms with van der Waals surface area (Å²) in [5.74, 6) is 0.855. The first-order chi connectivity index (χ1) is 9.08. The average Bonchev–Trinajstić information content (AvgIpc) is 2.74. The molecule has 4 heteroatoms. The van der Waals surface area contributed by atoms with E-state index in [-0.39, 0.29) is 0 Å². The van der Waals surface area contributed by atoms with Crippen LogP contribution >= 0.6 is 0 Å². The first-order valence-corrected chi connectivity index (χ1v) is 6.48. The molecule has 0 fully saturated rings. The smallest absolute Gasteiger partial charge is 0.128 e. The molecule has 102 valence electrons. The number of rotatable bonds is 4. The molecule has 4 nitrogen and oxygen atoms in total. The summed E-state index contributed by atoms with van der Waals surface area (Å²) in [6.45, 7) is 6.81. The van der Waals surface area contributed by atoms with Crippen molar-refractivity contribution in [2.24, 2.45) is 5.73 Å². The fourth-order valence-electron chi connectivity index (χ4n) is 2.27. The van der Waals surface area contributed by atoms with Crippen LogP contribution in [-0.2, 0) is 6.42 Å². The van der Waals surface area contributed by atoms with Crippen LogP contribution in [0.2, 0.25) is 0 Å². The van der Waals surface area contributed by atoms with E-state index in [2.05, 4.69) is 36.2 Å². The Bertz CT molecular complexity index is 587. The quantitative estimate of drug-likeness (QED) is 0.886. The normalized spacial score (nSPS) is 10.8. The number of aryl methyl sites for hydroxylation is 3. The van der Waals surface area contributed by atoms with Crippen LogP contribution in [0.5, 0.6) is 5.75 Å². The van der Waals surface area contributed by atoms with Gasteiger partial charge in [0, 0.05) is 16.8 Å². The summed E-state index contributed by atoms with van der Waals surface area (Å²) in [6, 6.07) is 4.19. The molecule has 0 atom stereocenters. The van der Waals surface area contributed by atoms with E-state index in [4.69, 9.17) is 10.5 Å². The topological polar surface area (TPSA) is 63.9 Å². The second-order valence-corrected chi connectivity index (χ2v) is 4.85. The third-order valence-electron chi connectivity index (χ3n) is 3.54. The maximum Gasteiger partial charge on any atom is 0.128 e. The number of H-pyrrole nitrogens is 1. The molecule has 1 aromatic heterocycles. The molecule has 3 N–H and O–H groups in total. The molecule has 0 spiro atoms. The molecule has 0 aliphatic carbocycles. The van der Waals surface area contributed by atoms with Crippen molar-refractivity contribution >= 4 is 0 Å². The van der Waals surface area contributed by atoms with Gasteiger partial charge in [-0.1, -0.05) is 0 Å². The number of methoxy groups -OCH3 is 1. The highest BCUT2D eigenvalue weighted by molar-refractivity contribution is 5.72. The number of nitrogens with two attached hydrogens (primary N) is 1. The van der Waals surface area contributed by atoms with Gasteiger partial charge in [-0.15, -0.1) is 0 Å². The fourth-order valence-corrected chi connectivity index (χ4v) is 2.27. The minimum absolute atomic E-state index is 0.612. The maximum absolute atomic E-state index is 5.69. The lowest BCUT2D eigenvalue weighted by Crippen LogP contribution is -2.04. The summed E-state index contributed by atoms with van der Waals surface area (Å²) in [5.41, 5.74) is 12.3. The molecule has 1 heterocycles. The van der Waals surface area contributed by atoms with Gasteiger partial charge in [0.25, 0.3) is 0 Å². The van der Waals surface area contributed by atoms with Gasteiger partial charge in [0.2, 0.25) is 0 Å². The molecule has 0 radical (unpaired) electrons. The van der Waals surface area contributed by atoms with Crippen LogP contribution in [0, 0.1) is 20.8 Å². The number of nitrogens with zero attached hydrogens (tertiary/aromatic N) is 1. The van der Waals surface area contributed by atoms with Gasteiger partial charge in [0.15, 0.2) is 0 Å². The Balaban J connectivity index is 2.61. The molecule has 19 heavy (non-hydrogen) atoms. The zero-order chi connectivity index (χ0) is 14.0. The summed E-state index contributed by atoms with van der Waals surface area (Å²) in [6.07, 6.45) is 0.813. The molecule has 0 unspecified atom stereocenters. The van der Waals surface area contributed by atoms with Crippen molar-refractivity contribution in [3.63, 3.8) is 0 Å². The lowest BCUT2D eigenvalue weighted by Gasteiger charge is -2.11. The van der Waals surface area contributed by atoms with E-state index in [0.717, 1.165) is 29.1 Å². The van der Waals surface area contributed by atoms with Gasteiger partial charge in [-0.05, 0) is 57.0 Å². The predicted octanol–water partition coefficient (Wildman–Crippen LogP) is 2.51. The third kappa shape index (κ3) is 2.49. The summed E-state index contributed by atoms with van der Waals surface area (Å²) in [7, 11) is 1.69. The maximum atomic E-state index is 5.69. The van der Waals surface area contributed by atoms with Crippen LogP contribution < -0.4 is 10.5 Å². The summed E-state index contributed by atoms with van der Waals surface area (Å²) in [4.78, 5) is 0. The van der Waals surface area contributed by atoms with E-state index in [0.29, 0.717) is 6.54 Å². The standard InChI is InChI=1S/C15H21N3O/c1-9-7-13(14(19-4)8-10(9)2)15-12(5-6-16)11(3)17-18-15/h7-8H,5-6,16H2,1-4H3,(H,17,18). The van der Waals surface area contributed by atoms with E-state index in [1.165, 1.54) is 16.7 Å². The first-order valence-electron chi connectivity index (χ1n) is 6.48. The second-order valence-electron chi connectivity index (χ2n) is 4.85. The molecular formula is C15H21N3O. The van der Waals surface area contributed by atoms with Gasteiger partial charge in [-0.25, -0.2) is 0 Å². The number of ether oxygens (including phenoxy) is 1. The Morgan fingerprint density at radius 1 is 1.21 bits per heavy atom. The summed E-state index contributed by atoms with van der Waals surface area (Å²) in [5, 5.41) is 7.47. The molecule has 1 aromatic carbocycles. The van der Waals surface area contributed by atoms with E-state index < -0.39 is 0 Å². The van der Waals surface area contributed by atoms with Crippen LogP contribution in [0.1, 0.15) is 22.4 Å². The minimum atomic E-state index is 0.612. The van der Waals surface area contributed by atoms with Crippen LogP contribution in [0.15, 0.2) is 12.1 Å². The molecule has 0 amide bonds. The number of nitrogens with one attached hydrogen (secondary N) is 1. The van der Waals surface area contributed by atoms with Crippen molar-refractivity contribution in [1.29, 1.82) is 0 Å². The van der Waals surface area contributed by atoms with Gasteiger partial charge < -0.3 is 10.5 Å². The fraction of sp³-hybridized carbons (Fsp3) is 0.400. The van der Waals surface area contributed by atoms with Crippen molar-refractivity contribution in [3.05, 3.63) is 34.5 Å². The molecule has 0 aliphatic rings. The monoisotopic (exact) mass is 259 g/mol. The van der Waals surface area contributed by atoms with E-state index in [1.807, 2.05) is 6.92 Å². The number of hydrogen-bond acceptors (Lipinski definition) is 3. The van der Waals surface area contributed by atoms with Crippen LogP contribution in [0.25, 0.3) is 11.3 Å². The predicted molar refractivity (Wildman–Crippen MR) is 77.5 cm³/mol. The Hall–Kier alpha value is -1.81. The minimum Gasteiger partial charge on any atom is -0.496 e. The van der Waals surface area contributed by atoms with Crippen molar-refractivity contribution in [3.8, 4) is 17.0 Å². The Morgan fingerprint density at radius 3 is 2.53 bits per heavy atom. The SMILES string of the molecule is COc1cc(C)c(C)cc1-c1n[nH]c(C)c1CCN. The van der Waals surface area contributed by atoms with Crippen LogP contribution in [-0.4, -0.2) is 23.9 Å². The number of aromatic amines is 1. The van der Waals surface area contributed by atoms with Crippen LogP contribution in [0.4, 0.5) is 0 Å². The zero-order valence-corrected chi connectivity index (χ0v) is 12.0. The molecule has 2 rings (SSSR count). The van der Waals surface area contributed by atoms with Crippen LogP contribution in [0.3, 0.4) is 0 Å². The largest absolute Gasteiger partial charge is 0.496 e. The molecule has 0 aliphatic heterocycles. The zero-order valence-electron chi connectivity index (χ0n) is 12.0. The van der Waals surface area contributed by atoms with Gasteiger partial charge in [0.05, 0.1) is 12.8 Å². The third-order valence-corrected chi connectivity index (χ3v) is 3.54. The first kappa shape index (κ1) is 13.6. The molecule has 0 saturated carbocycles. The van der Waals surface area contributed by atoms with E-state index in [9.17, 15) is 0 Å². The van der Waals surface area contributed by atoms with Crippen molar-refractivity contribution < 1.29 is 4.74 Å². The summed E-state index contributed by atoms with van der Waals surface area (Å²) < 4.78 is 5.49. The molecule has 0 saturated heterocycles. The summed E-state index contributed by atoms with van der Waals surface area (Å²) >= 11 is 0. The van der Waals surface area contributed by atoms with Crippen molar-refractivity contribution in [2.45, 2.75) is 27.2 Å². The van der Waals surface area contributed by atoms with Gasteiger partial charge in [0.1, 0.15) is 5.75 Å². The average molecular weight is 259 g/mol. The lowest BCUT2D eigenvalue weighted by molar-refractivity contribution is 0.416. The van der Waals surface area contributed by atoms with Gasteiger partial charge in [-0.2, -0.15) is 5.10 Å². The Kier molecular flexibility index (Phi) is 3.90. The highest BCUT2D eigenvalue weighted by atomic mass is 16.5. The highest BCUT2D eigenvalue weighted by Gasteiger charge is 2.16. The highest BCUT2D eigenvalue weighted by Crippen LogP contribution is 2.34. The molecule has 0 bridgehead atoms. The number of benzene rings is 1. The van der Waals surface area contributed by atoms with Gasteiger partial charge >= 0.3 is 0 Å². The van der Waals surface area contributed by atoms with E-state index in [1.54, 1.807) is 7.11 Å². The molecular weight excluding hydrogens is 238 g/mol. The van der Waals surface area contributed by atoms with Gasteiger partial charge in [-0.3, -0.25) is 5.10 Å². The molecule has 2 aromatic rings. The number of hydrogen-bond donors (Lipinski definition) is 2. The van der Waals surface area contributed by atoms with Crippen molar-refractivity contribution in [2.75, 3.05) is 13.7 Å². The second kappa shape index (κ2) is 5.45. The Morgan fingerprint density at radius 2 is 1.89 bits per heavy atom.